The maximum Gasteiger partial charge on any atom is 0.306 e. The molecule has 2 aliphatic heterocycles. The average Bonchev–Trinajstić information content (AvgIpc) is 3.38. The molecule has 15 heteroatoms. The lowest BCUT2D eigenvalue weighted by Gasteiger charge is -2.42. The molecule has 11 atom stereocenters. The van der Waals surface area contributed by atoms with Crippen LogP contribution in [0.4, 0.5) is 0 Å². The molecule has 0 saturated carbocycles. The molecule has 0 aromatic heterocycles. The number of carbonyl (C=O) groups is 2. The predicted octanol–water partition coefficient (Wildman–Crippen LogP) is 9.44. The van der Waals surface area contributed by atoms with Crippen molar-refractivity contribution in [3.05, 3.63) is 48.6 Å². The van der Waals surface area contributed by atoms with Gasteiger partial charge in [-0.3, -0.25) is 9.59 Å². The van der Waals surface area contributed by atoms with Gasteiger partial charge in [0.1, 0.15) is 55.4 Å². The highest BCUT2D eigenvalue weighted by Gasteiger charge is 2.47. The summed E-state index contributed by atoms with van der Waals surface area (Å²) in [5, 5.41) is 72.3. The van der Waals surface area contributed by atoms with Crippen molar-refractivity contribution in [3.63, 3.8) is 0 Å². The molecule has 2 aliphatic rings. The second-order valence-electron chi connectivity index (χ2n) is 20.1. The van der Waals surface area contributed by atoms with Gasteiger partial charge in [0.15, 0.2) is 18.7 Å². The van der Waals surface area contributed by atoms with E-state index in [1.54, 1.807) is 0 Å². The van der Waals surface area contributed by atoms with Crippen molar-refractivity contribution >= 4 is 11.9 Å². The molecule has 11 unspecified atom stereocenters. The van der Waals surface area contributed by atoms with Gasteiger partial charge < -0.3 is 64.2 Å². The first-order valence-electron chi connectivity index (χ1n) is 28.7. The standard InChI is InChI=1S/C58H102O15/c1-3-5-7-9-11-13-15-17-19-21-23-25-27-29-31-33-35-37-39-41-50(61)71-46(43-68-49(60)40-38-36-34-32-30-28-26-24-22-20-18-16-14-12-10-8-6-4-2)44-69-57-56(67)54(65)52(63)48(73-57)45-70-58-55(66)53(64)51(62)47(42-59)72-58/h11,13,17,19-20,22-23,25,46-48,51-59,62-67H,3-10,12,14-16,18,21,24,26-45H2,1-2H3/b13-11-,19-17-,22-20-,25-23-. The Morgan fingerprint density at radius 1 is 0.438 bits per heavy atom. The van der Waals surface area contributed by atoms with Crippen LogP contribution >= 0.6 is 0 Å². The van der Waals surface area contributed by atoms with Crippen LogP contribution in [0.3, 0.4) is 0 Å². The molecule has 0 bridgehead atoms. The zero-order valence-corrected chi connectivity index (χ0v) is 45.1. The second kappa shape index (κ2) is 44.6. The van der Waals surface area contributed by atoms with Crippen molar-refractivity contribution in [2.24, 2.45) is 0 Å². The summed E-state index contributed by atoms with van der Waals surface area (Å²) in [5.74, 6) is -0.941. The molecule has 7 N–H and O–H groups in total. The van der Waals surface area contributed by atoms with Gasteiger partial charge in [0.05, 0.1) is 19.8 Å². The smallest absolute Gasteiger partial charge is 0.306 e. The van der Waals surface area contributed by atoms with E-state index in [4.69, 9.17) is 28.4 Å². The third kappa shape index (κ3) is 32.0. The van der Waals surface area contributed by atoms with Crippen molar-refractivity contribution in [3.8, 4) is 0 Å². The monoisotopic (exact) mass is 1040 g/mol. The van der Waals surface area contributed by atoms with Crippen LogP contribution < -0.4 is 0 Å². The molecule has 2 fully saturated rings. The summed E-state index contributed by atoms with van der Waals surface area (Å²) in [7, 11) is 0. The minimum atomic E-state index is -1.77. The number of carbonyl (C=O) groups excluding carboxylic acids is 2. The number of hydrogen-bond donors (Lipinski definition) is 7. The number of aliphatic hydroxyl groups is 7. The Bertz CT molecular complexity index is 1450. The molecule has 0 amide bonds. The normalized spacial score (nSPS) is 25.2. The quantitative estimate of drug-likeness (QED) is 0.0171. The third-order valence-corrected chi connectivity index (χ3v) is 13.5. The topological polar surface area (TPSA) is 231 Å². The van der Waals surface area contributed by atoms with Gasteiger partial charge in [0.2, 0.25) is 0 Å². The van der Waals surface area contributed by atoms with Gasteiger partial charge >= 0.3 is 11.9 Å². The number of allylic oxidation sites excluding steroid dienone is 8. The lowest BCUT2D eigenvalue weighted by atomic mass is 9.98. The summed E-state index contributed by atoms with van der Waals surface area (Å²) in [4.78, 5) is 25.9. The zero-order valence-electron chi connectivity index (χ0n) is 45.1. The Balaban J connectivity index is 1.77. The summed E-state index contributed by atoms with van der Waals surface area (Å²) in [5.41, 5.74) is 0. The molecule has 0 aromatic carbocycles. The molecule has 0 spiro atoms. The van der Waals surface area contributed by atoms with Crippen LogP contribution in [0.25, 0.3) is 0 Å². The highest BCUT2D eigenvalue weighted by molar-refractivity contribution is 5.70. The molecular formula is C58H102O15. The number of esters is 2. The van der Waals surface area contributed by atoms with Crippen LogP contribution in [0.5, 0.6) is 0 Å². The summed E-state index contributed by atoms with van der Waals surface area (Å²) < 4.78 is 33.7. The Hall–Kier alpha value is -2.54. The first-order chi connectivity index (χ1) is 35.5. The van der Waals surface area contributed by atoms with Crippen LogP contribution in [0, 0.1) is 0 Å². The highest BCUT2D eigenvalue weighted by atomic mass is 16.7. The van der Waals surface area contributed by atoms with E-state index in [0.29, 0.717) is 12.8 Å². The Kier molecular flexibility index (Phi) is 40.6. The van der Waals surface area contributed by atoms with Crippen molar-refractivity contribution in [2.45, 2.75) is 280 Å². The van der Waals surface area contributed by atoms with Gasteiger partial charge in [0, 0.05) is 12.8 Å². The molecule has 2 saturated heterocycles. The van der Waals surface area contributed by atoms with E-state index in [-0.39, 0.29) is 26.1 Å². The van der Waals surface area contributed by atoms with Gasteiger partial charge in [-0.1, -0.05) is 172 Å². The van der Waals surface area contributed by atoms with Crippen LogP contribution in [-0.4, -0.2) is 142 Å². The van der Waals surface area contributed by atoms with E-state index < -0.39 is 92.7 Å². The molecule has 15 nitrogen and oxygen atoms in total. The van der Waals surface area contributed by atoms with Gasteiger partial charge in [-0.05, 0) is 77.0 Å². The van der Waals surface area contributed by atoms with E-state index >= 15 is 0 Å². The lowest BCUT2D eigenvalue weighted by molar-refractivity contribution is -0.332. The Labute approximate surface area is 439 Å². The van der Waals surface area contributed by atoms with Gasteiger partial charge in [-0.25, -0.2) is 0 Å². The second-order valence-corrected chi connectivity index (χ2v) is 20.1. The molecule has 424 valence electrons. The number of rotatable bonds is 45. The van der Waals surface area contributed by atoms with E-state index in [1.165, 1.54) is 96.3 Å². The minimum absolute atomic E-state index is 0.149. The van der Waals surface area contributed by atoms with Crippen molar-refractivity contribution in [1.82, 2.24) is 0 Å². The van der Waals surface area contributed by atoms with Gasteiger partial charge in [-0.2, -0.15) is 0 Å². The lowest BCUT2D eigenvalue weighted by Crippen LogP contribution is -2.61. The minimum Gasteiger partial charge on any atom is -0.462 e. The fourth-order valence-electron chi connectivity index (χ4n) is 8.81. The molecule has 2 heterocycles. The van der Waals surface area contributed by atoms with E-state index in [2.05, 4.69) is 62.5 Å². The fraction of sp³-hybridized carbons (Fsp3) is 0.828. The number of aliphatic hydroxyl groups excluding tert-OH is 7. The molecule has 0 radical (unpaired) electrons. The van der Waals surface area contributed by atoms with E-state index in [9.17, 15) is 45.3 Å². The van der Waals surface area contributed by atoms with Crippen molar-refractivity contribution < 1.29 is 73.8 Å². The third-order valence-electron chi connectivity index (χ3n) is 13.5. The maximum absolute atomic E-state index is 13.1. The summed E-state index contributed by atoms with van der Waals surface area (Å²) in [6, 6.07) is 0. The first kappa shape index (κ1) is 66.6. The predicted molar refractivity (Wildman–Crippen MR) is 284 cm³/mol. The molecule has 0 aliphatic carbocycles. The largest absolute Gasteiger partial charge is 0.462 e. The van der Waals surface area contributed by atoms with Crippen molar-refractivity contribution in [2.75, 3.05) is 26.4 Å². The molecule has 2 rings (SSSR count). The summed E-state index contributed by atoms with van der Waals surface area (Å²) in [6.45, 7) is 2.56. The van der Waals surface area contributed by atoms with Crippen LogP contribution in [0.1, 0.15) is 213 Å². The maximum atomic E-state index is 13.1. The summed E-state index contributed by atoms with van der Waals surface area (Å²) >= 11 is 0. The zero-order chi connectivity index (χ0) is 53.2. The van der Waals surface area contributed by atoms with E-state index in [1.807, 2.05) is 0 Å². The van der Waals surface area contributed by atoms with Crippen LogP contribution in [-0.2, 0) is 38.0 Å². The number of unbranched alkanes of at least 4 members (excludes halogenated alkanes) is 23. The number of ether oxygens (including phenoxy) is 6. The van der Waals surface area contributed by atoms with Gasteiger partial charge in [0.25, 0.3) is 0 Å². The van der Waals surface area contributed by atoms with Crippen LogP contribution in [0.15, 0.2) is 48.6 Å². The average molecular weight is 1040 g/mol. The Morgan fingerprint density at radius 3 is 1.33 bits per heavy atom. The van der Waals surface area contributed by atoms with E-state index in [0.717, 1.165) is 77.0 Å². The SMILES string of the molecule is CCCCC/C=C\C/C=C\C/C=C\CCCCCCCCC(=O)OC(COC(=O)CCCCCCCCC/C=C\CCCCCCCCC)COC1OC(COC2OC(CO)C(O)C(O)C2O)C(O)C(O)C1O. The summed E-state index contributed by atoms with van der Waals surface area (Å²) in [6.07, 6.45) is 34.1. The van der Waals surface area contributed by atoms with Gasteiger partial charge in [-0.15, -0.1) is 0 Å². The Morgan fingerprint density at radius 2 is 0.822 bits per heavy atom. The fourth-order valence-corrected chi connectivity index (χ4v) is 8.81. The highest BCUT2D eigenvalue weighted by Crippen LogP contribution is 2.27. The van der Waals surface area contributed by atoms with Crippen LogP contribution in [0.2, 0.25) is 0 Å². The number of hydrogen-bond acceptors (Lipinski definition) is 15. The first-order valence-corrected chi connectivity index (χ1v) is 28.7. The molecule has 73 heavy (non-hydrogen) atoms. The molecule has 0 aromatic rings. The van der Waals surface area contributed by atoms with Crippen molar-refractivity contribution in [1.29, 1.82) is 0 Å². The molecular weight excluding hydrogens is 937 g/mol.